The Balaban J connectivity index is 1.34. The van der Waals surface area contributed by atoms with E-state index in [2.05, 4.69) is 17.1 Å². The van der Waals surface area contributed by atoms with E-state index in [1.807, 2.05) is 29.2 Å². The molecule has 6 nitrogen and oxygen atoms in total. The molecule has 1 N–H and O–H groups in total. The fraction of sp³-hybridized carbons (Fsp3) is 0.593. The number of nitrogens with one attached hydrogen (secondary N) is 1. The van der Waals surface area contributed by atoms with Crippen LogP contribution >= 0.6 is 0 Å². The van der Waals surface area contributed by atoms with Gasteiger partial charge in [0.15, 0.2) is 0 Å². The van der Waals surface area contributed by atoms with E-state index >= 15 is 0 Å². The summed E-state index contributed by atoms with van der Waals surface area (Å²) in [6.07, 6.45) is 10.5. The van der Waals surface area contributed by atoms with Gasteiger partial charge in [0.1, 0.15) is 5.69 Å². The number of amides is 2. The number of piperidine rings is 1. The fourth-order valence-electron chi connectivity index (χ4n) is 5.97. The number of fused-ring (bicyclic) bond motifs is 2. The summed E-state index contributed by atoms with van der Waals surface area (Å²) in [4.78, 5) is 36.0. The number of likely N-dealkylation sites (tertiary alicyclic amines) is 1. The number of para-hydroxylation sites is 1. The van der Waals surface area contributed by atoms with E-state index in [4.69, 9.17) is 4.98 Å². The number of nitrogens with zero attached hydrogens (tertiary/aromatic N) is 3. The third-order valence-electron chi connectivity index (χ3n) is 7.88. The number of carbonyl (C=O) groups excluding carboxylic acids is 2. The molecule has 1 aliphatic carbocycles. The molecule has 1 aromatic heterocycles. The highest BCUT2D eigenvalue weighted by Gasteiger charge is 2.38. The zero-order valence-corrected chi connectivity index (χ0v) is 19.8. The van der Waals surface area contributed by atoms with E-state index in [1.54, 1.807) is 0 Å². The Kier molecular flexibility index (Phi) is 6.63. The molecule has 2 amide bonds. The first-order chi connectivity index (χ1) is 16.1. The smallest absolute Gasteiger partial charge is 0.273 e. The summed E-state index contributed by atoms with van der Waals surface area (Å²) < 4.78 is 0. The van der Waals surface area contributed by atoms with Crippen molar-refractivity contribution in [3.8, 4) is 0 Å². The Morgan fingerprint density at radius 2 is 1.88 bits per heavy atom. The zero-order chi connectivity index (χ0) is 22.8. The van der Waals surface area contributed by atoms with Crippen LogP contribution < -0.4 is 5.32 Å². The van der Waals surface area contributed by atoms with Crippen molar-refractivity contribution in [2.24, 2.45) is 0 Å². The predicted octanol–water partition coefficient (Wildman–Crippen LogP) is 4.52. The third-order valence-corrected chi connectivity index (χ3v) is 7.88. The number of hydrogen-bond acceptors (Lipinski definition) is 4. The molecule has 0 bridgehead atoms. The molecular weight excluding hydrogens is 412 g/mol. The Morgan fingerprint density at radius 1 is 1.09 bits per heavy atom. The van der Waals surface area contributed by atoms with Crippen molar-refractivity contribution < 1.29 is 9.59 Å². The van der Waals surface area contributed by atoms with E-state index in [1.165, 1.54) is 38.5 Å². The van der Waals surface area contributed by atoms with Gasteiger partial charge in [0.05, 0.1) is 11.1 Å². The van der Waals surface area contributed by atoms with Crippen molar-refractivity contribution in [1.29, 1.82) is 0 Å². The Bertz CT molecular complexity index is 1030. The lowest BCUT2D eigenvalue weighted by Gasteiger charge is -2.33. The summed E-state index contributed by atoms with van der Waals surface area (Å²) in [5.41, 5.74) is 2.66. The molecule has 5 rings (SSSR count). The van der Waals surface area contributed by atoms with Crippen LogP contribution in [0, 0.1) is 0 Å². The predicted molar refractivity (Wildman–Crippen MR) is 130 cm³/mol. The molecule has 2 aliphatic heterocycles. The van der Waals surface area contributed by atoms with E-state index in [0.717, 1.165) is 48.8 Å². The van der Waals surface area contributed by atoms with Crippen LogP contribution in [0.3, 0.4) is 0 Å². The summed E-state index contributed by atoms with van der Waals surface area (Å²) in [6.45, 7) is 5.64. The monoisotopic (exact) mass is 448 g/mol. The van der Waals surface area contributed by atoms with Gasteiger partial charge in [-0.2, -0.15) is 0 Å². The molecule has 176 valence electrons. The lowest BCUT2D eigenvalue weighted by atomic mass is 9.94. The van der Waals surface area contributed by atoms with Gasteiger partial charge in [-0.25, -0.2) is 4.98 Å². The standard InChI is InChI=1S/C27H36N4O2/c1-19-10-7-8-16-30(19)17-9-15-28-26(32)24-21-13-5-6-14-23(21)29-25-22(24)18-31(27(25)33)20-11-3-2-4-12-20/h5-6,13-14,19-20H,2-4,7-12,15-18H2,1H3,(H,28,32). The van der Waals surface area contributed by atoms with Gasteiger partial charge >= 0.3 is 0 Å². The van der Waals surface area contributed by atoms with Gasteiger partial charge < -0.3 is 15.1 Å². The van der Waals surface area contributed by atoms with Gasteiger partial charge in [-0.3, -0.25) is 9.59 Å². The lowest BCUT2D eigenvalue weighted by Crippen LogP contribution is -2.39. The minimum atomic E-state index is -0.0742. The van der Waals surface area contributed by atoms with E-state index in [9.17, 15) is 9.59 Å². The van der Waals surface area contributed by atoms with E-state index in [0.29, 0.717) is 30.4 Å². The summed E-state index contributed by atoms with van der Waals surface area (Å²) in [6, 6.07) is 8.63. The first-order valence-electron chi connectivity index (χ1n) is 12.9. The van der Waals surface area contributed by atoms with Gasteiger partial charge in [-0.05, 0) is 51.6 Å². The average Bonchev–Trinajstić information content (AvgIpc) is 3.17. The van der Waals surface area contributed by atoms with Crippen molar-refractivity contribution in [1.82, 2.24) is 20.1 Å². The topological polar surface area (TPSA) is 65.5 Å². The molecule has 6 heteroatoms. The summed E-state index contributed by atoms with van der Waals surface area (Å²) in [5.74, 6) is -0.0781. The van der Waals surface area contributed by atoms with Crippen LogP contribution in [0.2, 0.25) is 0 Å². The highest BCUT2D eigenvalue weighted by molar-refractivity contribution is 6.11. The van der Waals surface area contributed by atoms with Gasteiger partial charge in [0, 0.05) is 42.7 Å². The molecule has 2 aromatic rings. The molecule has 1 aromatic carbocycles. The van der Waals surface area contributed by atoms with Gasteiger partial charge in [-0.15, -0.1) is 0 Å². The molecule has 3 aliphatic rings. The largest absolute Gasteiger partial charge is 0.352 e. The summed E-state index contributed by atoms with van der Waals surface area (Å²) in [5, 5.41) is 4.01. The highest BCUT2D eigenvalue weighted by Crippen LogP contribution is 2.34. The number of hydrogen-bond donors (Lipinski definition) is 1. The highest BCUT2D eigenvalue weighted by atomic mass is 16.2. The maximum atomic E-state index is 13.4. The number of carbonyl (C=O) groups is 2. The van der Waals surface area contributed by atoms with Crippen LogP contribution in [0.5, 0.6) is 0 Å². The normalized spacial score (nSPS) is 22.0. The van der Waals surface area contributed by atoms with Crippen LogP contribution in [0.25, 0.3) is 10.9 Å². The second-order valence-corrected chi connectivity index (χ2v) is 10.0. The quantitative estimate of drug-likeness (QED) is 0.660. The van der Waals surface area contributed by atoms with Crippen LogP contribution in [-0.4, -0.2) is 58.3 Å². The van der Waals surface area contributed by atoms with Crippen molar-refractivity contribution in [3.05, 3.63) is 41.1 Å². The second-order valence-electron chi connectivity index (χ2n) is 10.0. The van der Waals surface area contributed by atoms with E-state index < -0.39 is 0 Å². The van der Waals surface area contributed by atoms with Crippen molar-refractivity contribution in [2.45, 2.75) is 83.3 Å². The Morgan fingerprint density at radius 3 is 2.70 bits per heavy atom. The molecule has 0 radical (unpaired) electrons. The molecular formula is C27H36N4O2. The molecule has 1 saturated heterocycles. The maximum Gasteiger partial charge on any atom is 0.273 e. The first-order valence-corrected chi connectivity index (χ1v) is 12.9. The average molecular weight is 449 g/mol. The second kappa shape index (κ2) is 9.80. The van der Waals surface area contributed by atoms with Gasteiger partial charge in [0.25, 0.3) is 11.8 Å². The van der Waals surface area contributed by atoms with E-state index in [-0.39, 0.29) is 17.9 Å². The molecule has 3 heterocycles. The van der Waals surface area contributed by atoms with Crippen molar-refractivity contribution in [3.63, 3.8) is 0 Å². The zero-order valence-electron chi connectivity index (χ0n) is 19.8. The Labute approximate surface area is 196 Å². The van der Waals surface area contributed by atoms with Gasteiger partial charge in [-0.1, -0.05) is 43.9 Å². The molecule has 1 atom stereocenters. The Hall–Kier alpha value is -2.47. The summed E-state index contributed by atoms with van der Waals surface area (Å²) >= 11 is 0. The number of benzene rings is 1. The summed E-state index contributed by atoms with van der Waals surface area (Å²) in [7, 11) is 0. The fourth-order valence-corrected chi connectivity index (χ4v) is 5.97. The van der Waals surface area contributed by atoms with Crippen molar-refractivity contribution in [2.75, 3.05) is 19.6 Å². The number of rotatable bonds is 6. The van der Waals surface area contributed by atoms with Crippen LogP contribution in [0.15, 0.2) is 24.3 Å². The number of pyridine rings is 1. The molecule has 33 heavy (non-hydrogen) atoms. The minimum absolute atomic E-state index is 0.00390. The lowest BCUT2D eigenvalue weighted by molar-refractivity contribution is 0.0655. The van der Waals surface area contributed by atoms with Crippen LogP contribution in [0.1, 0.15) is 91.1 Å². The molecule has 0 spiro atoms. The van der Waals surface area contributed by atoms with Gasteiger partial charge in [0.2, 0.25) is 0 Å². The first kappa shape index (κ1) is 22.3. The maximum absolute atomic E-state index is 13.4. The molecule has 1 saturated carbocycles. The molecule has 1 unspecified atom stereocenters. The number of aromatic nitrogens is 1. The third kappa shape index (κ3) is 4.50. The van der Waals surface area contributed by atoms with Crippen LogP contribution in [-0.2, 0) is 6.54 Å². The molecule has 2 fully saturated rings. The van der Waals surface area contributed by atoms with Crippen molar-refractivity contribution >= 4 is 22.7 Å². The minimum Gasteiger partial charge on any atom is -0.352 e. The van der Waals surface area contributed by atoms with Crippen LogP contribution in [0.4, 0.5) is 0 Å². The SMILES string of the molecule is CC1CCCCN1CCCNC(=O)c1c2c(nc3ccccc13)C(=O)N(C1CCCCC1)C2.